The van der Waals surface area contributed by atoms with Gasteiger partial charge in [-0.2, -0.15) is 0 Å². The highest BCUT2D eigenvalue weighted by atomic mass is 35.5. The molecule has 1 aromatic heterocycles. The minimum Gasteiger partial charge on any atom is -0.340 e. The third kappa shape index (κ3) is 3.16. The molecule has 5 heteroatoms. The maximum atomic E-state index is 6.50. The summed E-state index contributed by atoms with van der Waals surface area (Å²) in [7, 11) is 0. The summed E-state index contributed by atoms with van der Waals surface area (Å²) < 4.78 is 0. The molecule has 2 aliphatic rings. The highest BCUT2D eigenvalue weighted by Crippen LogP contribution is 2.35. The molecule has 144 valence electrons. The summed E-state index contributed by atoms with van der Waals surface area (Å²) in [6.07, 6.45) is 4.27. The van der Waals surface area contributed by atoms with Gasteiger partial charge in [0.05, 0.1) is 16.4 Å². The lowest BCUT2D eigenvalue weighted by Crippen LogP contribution is -2.47. The first-order chi connectivity index (χ1) is 13.6. The maximum Gasteiger partial charge on any atom is 0.139 e. The van der Waals surface area contributed by atoms with Gasteiger partial charge in [0.1, 0.15) is 5.82 Å². The fourth-order valence-corrected chi connectivity index (χ4v) is 5.26. The van der Waals surface area contributed by atoms with Crippen LogP contribution in [-0.2, 0) is 25.8 Å². The number of nitrogens with zero attached hydrogens (tertiary/aromatic N) is 2. The molecule has 3 aromatic rings. The van der Waals surface area contributed by atoms with Crippen LogP contribution in [0, 0.1) is 0 Å². The summed E-state index contributed by atoms with van der Waals surface area (Å²) in [6, 6.07) is 15.2. The van der Waals surface area contributed by atoms with Crippen molar-refractivity contribution < 1.29 is 0 Å². The molecule has 1 N–H and O–H groups in total. The zero-order valence-electron chi connectivity index (χ0n) is 15.9. The van der Waals surface area contributed by atoms with E-state index in [0.717, 1.165) is 47.2 Å². The van der Waals surface area contributed by atoms with Gasteiger partial charge in [0.15, 0.2) is 0 Å². The molecule has 2 heterocycles. The van der Waals surface area contributed by atoms with Crippen molar-refractivity contribution in [1.82, 2.24) is 14.9 Å². The number of aromatic amines is 1. The molecule has 2 aromatic carbocycles. The summed E-state index contributed by atoms with van der Waals surface area (Å²) in [5.41, 5.74) is 6.11. The van der Waals surface area contributed by atoms with Gasteiger partial charge in [-0.25, -0.2) is 4.98 Å². The van der Waals surface area contributed by atoms with Gasteiger partial charge in [0.25, 0.3) is 0 Å². The fraction of sp³-hybridized carbons (Fsp3) is 0.348. The molecule has 2 unspecified atom stereocenters. The van der Waals surface area contributed by atoms with Gasteiger partial charge in [-0.05, 0) is 55.5 Å². The zero-order chi connectivity index (χ0) is 19.3. The SMILES string of the molecule is CC1Cc2nc(-c3ccccc3Cl)[nH]c2CN1C1CCc2cccc(Cl)c2C1. The van der Waals surface area contributed by atoms with Crippen molar-refractivity contribution in [3.8, 4) is 11.4 Å². The predicted molar refractivity (Wildman–Crippen MR) is 115 cm³/mol. The van der Waals surface area contributed by atoms with Crippen molar-refractivity contribution >= 4 is 23.2 Å². The van der Waals surface area contributed by atoms with Crippen molar-refractivity contribution in [3.63, 3.8) is 0 Å². The van der Waals surface area contributed by atoms with E-state index in [4.69, 9.17) is 28.2 Å². The second-order valence-corrected chi connectivity index (χ2v) is 8.80. The molecule has 0 radical (unpaired) electrons. The van der Waals surface area contributed by atoms with E-state index in [0.29, 0.717) is 12.1 Å². The van der Waals surface area contributed by atoms with Gasteiger partial charge in [0.2, 0.25) is 0 Å². The minimum absolute atomic E-state index is 0.462. The van der Waals surface area contributed by atoms with E-state index in [1.807, 2.05) is 30.3 Å². The molecule has 0 bridgehead atoms. The number of imidazole rings is 1. The Balaban J connectivity index is 1.42. The Morgan fingerprint density at radius 3 is 2.71 bits per heavy atom. The first kappa shape index (κ1) is 18.2. The predicted octanol–water partition coefficient (Wildman–Crippen LogP) is 5.69. The minimum atomic E-state index is 0.462. The largest absolute Gasteiger partial charge is 0.340 e. The quantitative estimate of drug-likeness (QED) is 0.587. The molecule has 5 rings (SSSR count). The van der Waals surface area contributed by atoms with E-state index in [2.05, 4.69) is 28.9 Å². The van der Waals surface area contributed by atoms with Crippen LogP contribution >= 0.6 is 23.2 Å². The first-order valence-electron chi connectivity index (χ1n) is 9.95. The van der Waals surface area contributed by atoms with Gasteiger partial charge >= 0.3 is 0 Å². The summed E-state index contributed by atoms with van der Waals surface area (Å²) >= 11 is 12.9. The van der Waals surface area contributed by atoms with Crippen molar-refractivity contribution in [1.29, 1.82) is 0 Å². The van der Waals surface area contributed by atoms with E-state index >= 15 is 0 Å². The molecule has 0 spiro atoms. The second-order valence-electron chi connectivity index (χ2n) is 7.99. The number of hydrogen-bond donors (Lipinski definition) is 1. The van der Waals surface area contributed by atoms with Crippen LogP contribution in [0.15, 0.2) is 42.5 Å². The van der Waals surface area contributed by atoms with Crippen LogP contribution in [0.4, 0.5) is 0 Å². The van der Waals surface area contributed by atoms with Gasteiger partial charge in [-0.1, -0.05) is 47.5 Å². The Kier molecular flexibility index (Phi) is 4.70. The number of fused-ring (bicyclic) bond motifs is 2. The number of aryl methyl sites for hydroxylation is 1. The van der Waals surface area contributed by atoms with Gasteiger partial charge in [-0.15, -0.1) is 0 Å². The number of benzene rings is 2. The number of aromatic nitrogens is 2. The monoisotopic (exact) mass is 411 g/mol. The number of halogens is 2. The van der Waals surface area contributed by atoms with E-state index in [-0.39, 0.29) is 0 Å². The summed E-state index contributed by atoms with van der Waals surface area (Å²) in [5.74, 6) is 0.877. The standard InChI is InChI=1S/C23H23Cl2N3/c1-14-11-21-22(27-23(26-21)17-6-2-3-7-19(17)24)13-28(14)16-10-9-15-5-4-8-20(25)18(15)12-16/h2-8,14,16H,9-13H2,1H3,(H,26,27). The molecule has 1 aliphatic carbocycles. The van der Waals surface area contributed by atoms with E-state index < -0.39 is 0 Å². The summed E-state index contributed by atoms with van der Waals surface area (Å²) in [5, 5.41) is 1.65. The Morgan fingerprint density at radius 2 is 1.86 bits per heavy atom. The summed E-state index contributed by atoms with van der Waals surface area (Å²) in [6.45, 7) is 3.22. The van der Waals surface area contributed by atoms with Crippen LogP contribution in [0.5, 0.6) is 0 Å². The highest BCUT2D eigenvalue weighted by molar-refractivity contribution is 6.33. The Hall–Kier alpha value is -1.81. The number of rotatable bonds is 2. The third-order valence-electron chi connectivity index (χ3n) is 6.26. The van der Waals surface area contributed by atoms with Gasteiger partial charge in [-0.3, -0.25) is 4.90 Å². The topological polar surface area (TPSA) is 31.9 Å². The molecule has 1 aliphatic heterocycles. The molecular formula is C23H23Cl2N3. The van der Waals surface area contributed by atoms with Gasteiger partial charge < -0.3 is 4.98 Å². The molecule has 0 amide bonds. The summed E-state index contributed by atoms with van der Waals surface area (Å²) in [4.78, 5) is 11.0. The molecule has 3 nitrogen and oxygen atoms in total. The van der Waals surface area contributed by atoms with Crippen LogP contribution in [0.2, 0.25) is 10.0 Å². The van der Waals surface area contributed by atoms with Crippen LogP contribution in [0.1, 0.15) is 35.9 Å². The van der Waals surface area contributed by atoms with Gasteiger partial charge in [0, 0.05) is 35.6 Å². The first-order valence-corrected chi connectivity index (χ1v) is 10.7. The van der Waals surface area contributed by atoms with Crippen molar-refractivity contribution in [2.24, 2.45) is 0 Å². The highest BCUT2D eigenvalue weighted by Gasteiger charge is 2.33. The maximum absolute atomic E-state index is 6.50. The van der Waals surface area contributed by atoms with Crippen molar-refractivity contribution in [2.75, 3.05) is 0 Å². The van der Waals surface area contributed by atoms with Crippen LogP contribution in [-0.4, -0.2) is 27.0 Å². The number of H-pyrrole nitrogens is 1. The Bertz CT molecular complexity index is 1030. The third-order valence-corrected chi connectivity index (χ3v) is 6.94. The average Bonchev–Trinajstić information content (AvgIpc) is 3.10. The normalized spacial score (nSPS) is 22.0. The Labute approximate surface area is 175 Å². The zero-order valence-corrected chi connectivity index (χ0v) is 17.4. The van der Waals surface area contributed by atoms with Crippen molar-refractivity contribution in [3.05, 3.63) is 75.0 Å². The van der Waals surface area contributed by atoms with Crippen LogP contribution in [0.25, 0.3) is 11.4 Å². The molecule has 28 heavy (non-hydrogen) atoms. The smallest absolute Gasteiger partial charge is 0.139 e. The van der Waals surface area contributed by atoms with Crippen molar-refractivity contribution in [2.45, 2.75) is 51.2 Å². The lowest BCUT2D eigenvalue weighted by atomic mass is 9.86. The second kappa shape index (κ2) is 7.22. The average molecular weight is 412 g/mol. The Morgan fingerprint density at radius 1 is 1.04 bits per heavy atom. The number of nitrogens with one attached hydrogen (secondary N) is 1. The lowest BCUT2D eigenvalue weighted by Gasteiger charge is -2.41. The van der Waals surface area contributed by atoms with E-state index in [1.54, 1.807) is 0 Å². The van der Waals surface area contributed by atoms with Crippen LogP contribution < -0.4 is 0 Å². The molecular weight excluding hydrogens is 389 g/mol. The lowest BCUT2D eigenvalue weighted by molar-refractivity contribution is 0.108. The fourth-order valence-electron chi connectivity index (χ4n) is 4.76. The molecule has 0 fully saturated rings. The molecule has 0 saturated carbocycles. The van der Waals surface area contributed by atoms with E-state index in [9.17, 15) is 0 Å². The number of hydrogen-bond acceptors (Lipinski definition) is 2. The molecule has 0 saturated heterocycles. The van der Waals surface area contributed by atoms with E-state index in [1.165, 1.54) is 28.9 Å². The van der Waals surface area contributed by atoms with Crippen LogP contribution in [0.3, 0.4) is 0 Å². The molecule has 2 atom stereocenters.